The van der Waals surface area contributed by atoms with Gasteiger partial charge in [-0.15, -0.1) is 0 Å². The van der Waals surface area contributed by atoms with Crippen LogP contribution in [0.15, 0.2) is 70.1 Å². The molecule has 1 N–H and O–H groups in total. The van der Waals surface area contributed by atoms with Crippen molar-refractivity contribution >= 4 is 56.0 Å². The molecule has 0 radical (unpaired) electrons. The van der Waals surface area contributed by atoms with Gasteiger partial charge >= 0.3 is 0 Å². The molecule has 0 saturated carbocycles. The number of anilines is 2. The number of pyridine rings is 1. The largest absolute Gasteiger partial charge is 0.476 e. The van der Waals surface area contributed by atoms with E-state index in [2.05, 4.69) is 14.7 Å². The predicted octanol–water partition coefficient (Wildman–Crippen LogP) is 4.85. The fraction of sp³-hybridized carbons (Fsp3) is 0.143. The van der Waals surface area contributed by atoms with Gasteiger partial charge in [-0.05, 0) is 36.4 Å². The lowest BCUT2D eigenvalue weighted by Crippen LogP contribution is -2.24. The minimum Gasteiger partial charge on any atom is -0.476 e. The number of aromatic nitrogens is 2. The number of hydrogen-bond acceptors (Lipinski definition) is 7. The van der Waals surface area contributed by atoms with Crippen LogP contribution in [0.1, 0.15) is 0 Å². The van der Waals surface area contributed by atoms with Crippen LogP contribution in [0.3, 0.4) is 0 Å². The van der Waals surface area contributed by atoms with E-state index in [9.17, 15) is 8.42 Å². The molecule has 0 amide bonds. The molecule has 2 aromatic carbocycles. The first-order valence-electron chi connectivity index (χ1n) is 9.45. The molecule has 0 aliphatic heterocycles. The molecule has 0 saturated heterocycles. The minimum absolute atomic E-state index is 0.00513. The van der Waals surface area contributed by atoms with E-state index in [1.165, 1.54) is 24.4 Å². The second kappa shape index (κ2) is 9.23. The minimum atomic E-state index is -3.83. The molecular weight excluding hydrogens is 475 g/mol. The van der Waals surface area contributed by atoms with E-state index in [-0.39, 0.29) is 20.6 Å². The van der Waals surface area contributed by atoms with Crippen molar-refractivity contribution in [2.24, 2.45) is 0 Å². The van der Waals surface area contributed by atoms with Crippen LogP contribution >= 0.6 is 23.2 Å². The van der Waals surface area contributed by atoms with E-state index in [0.29, 0.717) is 25.0 Å². The number of oxazole rings is 1. The average Bonchev–Trinajstić information content (AvgIpc) is 3.21. The lowest BCUT2D eigenvalue weighted by Gasteiger charge is -2.14. The van der Waals surface area contributed by atoms with Crippen LogP contribution in [0.4, 0.5) is 11.7 Å². The lowest BCUT2D eigenvalue weighted by atomic mass is 10.3. The SMILES string of the molecule is CN(CCOc1ccc(NS(=O)(=O)c2ccc(Cl)c(Cl)c2)cn1)c1nc2ccccc2o1. The van der Waals surface area contributed by atoms with E-state index >= 15 is 0 Å². The van der Waals surface area contributed by atoms with Crippen LogP contribution < -0.4 is 14.4 Å². The molecule has 2 heterocycles. The maximum atomic E-state index is 12.5. The van der Waals surface area contributed by atoms with E-state index < -0.39 is 10.0 Å². The molecule has 2 aromatic heterocycles. The average molecular weight is 493 g/mol. The summed E-state index contributed by atoms with van der Waals surface area (Å²) in [5.41, 5.74) is 1.79. The third-order valence-electron chi connectivity index (χ3n) is 4.48. The van der Waals surface area contributed by atoms with E-state index in [4.69, 9.17) is 32.4 Å². The fourth-order valence-corrected chi connectivity index (χ4v) is 4.22. The molecule has 0 unspecified atom stereocenters. The number of rotatable bonds is 8. The number of halogens is 2. The summed E-state index contributed by atoms with van der Waals surface area (Å²) in [6.45, 7) is 0.844. The Hall–Kier alpha value is -3.01. The summed E-state index contributed by atoms with van der Waals surface area (Å²) in [5.74, 6) is 0.355. The zero-order valence-electron chi connectivity index (χ0n) is 16.8. The lowest BCUT2D eigenvalue weighted by molar-refractivity contribution is 0.311. The van der Waals surface area contributed by atoms with E-state index in [0.717, 1.165) is 11.1 Å². The first-order valence-corrected chi connectivity index (χ1v) is 11.7. The Morgan fingerprint density at radius 1 is 1.09 bits per heavy atom. The molecular formula is C21H18Cl2N4O4S. The van der Waals surface area contributed by atoms with Crippen LogP contribution in [-0.4, -0.2) is 38.6 Å². The third-order valence-corrected chi connectivity index (χ3v) is 6.59. The van der Waals surface area contributed by atoms with Gasteiger partial charge < -0.3 is 14.1 Å². The second-order valence-corrected chi connectivity index (χ2v) is 9.30. The van der Waals surface area contributed by atoms with Gasteiger partial charge in [-0.1, -0.05) is 35.3 Å². The zero-order valence-corrected chi connectivity index (χ0v) is 19.2. The standard InChI is InChI=1S/C21H18Cl2N4O4S/c1-27(21-25-18-4-2-3-5-19(18)31-21)10-11-30-20-9-6-14(13-24-20)26-32(28,29)15-7-8-16(22)17(23)12-15/h2-9,12-13,26H,10-11H2,1H3. The van der Waals surface area contributed by atoms with Crippen molar-refractivity contribution in [3.8, 4) is 5.88 Å². The summed E-state index contributed by atoms with van der Waals surface area (Å²) in [7, 11) is -1.98. The zero-order chi connectivity index (χ0) is 22.7. The van der Waals surface area contributed by atoms with Gasteiger partial charge in [0.05, 0.1) is 33.4 Å². The van der Waals surface area contributed by atoms with Crippen molar-refractivity contribution in [3.05, 3.63) is 70.8 Å². The predicted molar refractivity (Wildman–Crippen MR) is 124 cm³/mol. The fourth-order valence-electron chi connectivity index (χ4n) is 2.79. The number of nitrogens with one attached hydrogen (secondary N) is 1. The van der Waals surface area contributed by atoms with Crippen molar-refractivity contribution < 1.29 is 17.6 Å². The molecule has 4 aromatic rings. The molecule has 0 aliphatic carbocycles. The Balaban J connectivity index is 1.33. The van der Waals surface area contributed by atoms with E-state index in [1.54, 1.807) is 12.1 Å². The molecule has 0 spiro atoms. The van der Waals surface area contributed by atoms with Crippen LogP contribution in [0.2, 0.25) is 10.0 Å². The first kappa shape index (κ1) is 22.2. The topological polar surface area (TPSA) is 97.6 Å². The van der Waals surface area contributed by atoms with Crippen LogP contribution in [0, 0.1) is 0 Å². The molecule has 0 aliphatic rings. The van der Waals surface area contributed by atoms with Crippen LogP contribution in [0.5, 0.6) is 5.88 Å². The highest BCUT2D eigenvalue weighted by atomic mass is 35.5. The maximum absolute atomic E-state index is 12.5. The summed E-state index contributed by atoms with van der Waals surface area (Å²) >= 11 is 11.7. The van der Waals surface area contributed by atoms with Gasteiger partial charge in [-0.25, -0.2) is 13.4 Å². The number of fused-ring (bicyclic) bond motifs is 1. The third kappa shape index (κ3) is 5.07. The van der Waals surface area contributed by atoms with Gasteiger partial charge in [0, 0.05) is 13.1 Å². The highest BCUT2D eigenvalue weighted by Gasteiger charge is 2.16. The number of likely N-dealkylation sites (N-methyl/N-ethyl adjacent to an activating group) is 1. The smallest absolute Gasteiger partial charge is 0.298 e. The molecule has 4 rings (SSSR count). The number of benzene rings is 2. The molecule has 32 heavy (non-hydrogen) atoms. The van der Waals surface area contributed by atoms with Crippen LogP contribution in [-0.2, 0) is 10.0 Å². The van der Waals surface area contributed by atoms with Gasteiger partial charge in [0.15, 0.2) is 5.58 Å². The summed E-state index contributed by atoms with van der Waals surface area (Å²) in [6.07, 6.45) is 1.37. The molecule has 8 nitrogen and oxygen atoms in total. The van der Waals surface area contributed by atoms with Crippen molar-refractivity contribution in [1.82, 2.24) is 9.97 Å². The Labute approximate surface area is 194 Å². The number of hydrogen-bond donors (Lipinski definition) is 1. The number of ether oxygens (including phenoxy) is 1. The molecule has 0 atom stereocenters. The Kier molecular flexibility index (Phi) is 6.40. The monoisotopic (exact) mass is 492 g/mol. The number of para-hydroxylation sites is 2. The van der Waals surface area contributed by atoms with Gasteiger partial charge in [-0.2, -0.15) is 4.98 Å². The second-order valence-electron chi connectivity index (χ2n) is 6.80. The van der Waals surface area contributed by atoms with Gasteiger partial charge in [0.2, 0.25) is 5.88 Å². The maximum Gasteiger partial charge on any atom is 0.298 e. The Morgan fingerprint density at radius 3 is 2.62 bits per heavy atom. The molecule has 0 bridgehead atoms. The molecule has 11 heteroatoms. The summed E-state index contributed by atoms with van der Waals surface area (Å²) in [5, 5.41) is 0.426. The van der Waals surface area contributed by atoms with Crippen molar-refractivity contribution in [2.75, 3.05) is 29.8 Å². The molecule has 166 valence electrons. The number of sulfonamides is 1. The molecule has 0 fully saturated rings. The highest BCUT2D eigenvalue weighted by Crippen LogP contribution is 2.26. The van der Waals surface area contributed by atoms with E-state index in [1.807, 2.05) is 36.2 Å². The number of nitrogens with zero attached hydrogens (tertiary/aromatic N) is 3. The Morgan fingerprint density at radius 2 is 1.91 bits per heavy atom. The first-order chi connectivity index (χ1) is 15.3. The summed E-state index contributed by atoms with van der Waals surface area (Å²) in [6, 6.07) is 15.2. The van der Waals surface area contributed by atoms with Crippen LogP contribution in [0.25, 0.3) is 11.1 Å². The van der Waals surface area contributed by atoms with Crippen molar-refractivity contribution in [3.63, 3.8) is 0 Å². The quantitative estimate of drug-likeness (QED) is 0.375. The summed E-state index contributed by atoms with van der Waals surface area (Å²) in [4.78, 5) is 10.4. The summed E-state index contributed by atoms with van der Waals surface area (Å²) < 4.78 is 38.8. The van der Waals surface area contributed by atoms with Gasteiger partial charge in [0.1, 0.15) is 12.1 Å². The van der Waals surface area contributed by atoms with Crippen molar-refractivity contribution in [1.29, 1.82) is 0 Å². The Bertz CT molecular complexity index is 1310. The highest BCUT2D eigenvalue weighted by molar-refractivity contribution is 7.92. The van der Waals surface area contributed by atoms with Crippen molar-refractivity contribution in [2.45, 2.75) is 4.90 Å². The van der Waals surface area contributed by atoms with Gasteiger partial charge in [0.25, 0.3) is 16.0 Å². The normalized spacial score (nSPS) is 11.5. The van der Waals surface area contributed by atoms with Gasteiger partial charge in [-0.3, -0.25) is 4.72 Å².